The fraction of sp³-hybridized carbons (Fsp3) is 0.385. The molecule has 0 fully saturated rings. The summed E-state index contributed by atoms with van der Waals surface area (Å²) in [6.45, 7) is 8.17. The Hall–Kier alpha value is -0.560. The highest BCUT2D eigenvalue weighted by Crippen LogP contribution is 2.24. The smallest absolute Gasteiger partial charge is 0.0210 e. The quantitative estimate of drug-likeness (QED) is 0.683. The van der Waals surface area contributed by atoms with E-state index in [0.717, 1.165) is 6.42 Å². The predicted octanol–water partition coefficient (Wildman–Crippen LogP) is 4.69. The molecule has 0 N–H and O–H groups in total. The maximum absolute atomic E-state index is 3.81. The lowest BCUT2D eigenvalue weighted by Gasteiger charge is -2.09. The molecule has 0 saturated heterocycles. The summed E-state index contributed by atoms with van der Waals surface area (Å²) in [5.74, 6) is 0.432. The topological polar surface area (TPSA) is 0 Å². The van der Waals surface area contributed by atoms with Crippen molar-refractivity contribution in [3.05, 3.63) is 46.5 Å². The van der Waals surface area contributed by atoms with E-state index in [9.17, 15) is 0 Å². The van der Waals surface area contributed by atoms with Gasteiger partial charge in [0.05, 0.1) is 0 Å². The van der Waals surface area contributed by atoms with Crippen LogP contribution < -0.4 is 0 Å². The molecule has 0 saturated carbocycles. The standard InChI is InChI=1S/C13H17Br/c1-4-6-11-7-8-12(9-13(11)14)10(3)5-2/h5,7-10H,2,4,6H2,1,3H3. The molecule has 76 valence electrons. The summed E-state index contributed by atoms with van der Waals surface area (Å²) in [4.78, 5) is 0. The van der Waals surface area contributed by atoms with Crippen molar-refractivity contribution in [2.75, 3.05) is 0 Å². The van der Waals surface area contributed by atoms with Gasteiger partial charge in [-0.05, 0) is 29.5 Å². The first-order valence-electron chi connectivity index (χ1n) is 5.10. The number of halogens is 1. The summed E-state index contributed by atoms with van der Waals surface area (Å²) < 4.78 is 1.23. The Labute approximate surface area is 95.2 Å². The molecular weight excluding hydrogens is 236 g/mol. The molecule has 0 spiro atoms. The lowest BCUT2D eigenvalue weighted by molar-refractivity contribution is 0.908. The van der Waals surface area contributed by atoms with Crippen LogP contribution in [0.5, 0.6) is 0 Å². The Bertz CT molecular complexity index is 315. The molecule has 0 amide bonds. The van der Waals surface area contributed by atoms with Crippen LogP contribution in [0.3, 0.4) is 0 Å². The van der Waals surface area contributed by atoms with Gasteiger partial charge in [0.15, 0.2) is 0 Å². The average molecular weight is 253 g/mol. The molecule has 0 aliphatic carbocycles. The molecule has 0 aliphatic heterocycles. The van der Waals surface area contributed by atoms with Crippen molar-refractivity contribution in [3.63, 3.8) is 0 Å². The highest BCUT2D eigenvalue weighted by atomic mass is 79.9. The maximum atomic E-state index is 3.81. The third-order valence-corrected chi connectivity index (χ3v) is 3.21. The summed E-state index contributed by atoms with van der Waals surface area (Å²) in [6, 6.07) is 6.61. The van der Waals surface area contributed by atoms with Crippen molar-refractivity contribution in [2.45, 2.75) is 32.6 Å². The highest BCUT2D eigenvalue weighted by Gasteiger charge is 2.04. The zero-order valence-electron chi connectivity index (χ0n) is 8.89. The third kappa shape index (κ3) is 2.71. The van der Waals surface area contributed by atoms with E-state index in [1.807, 2.05) is 6.08 Å². The van der Waals surface area contributed by atoms with Crippen LogP contribution >= 0.6 is 15.9 Å². The molecule has 1 unspecified atom stereocenters. The number of hydrogen-bond donors (Lipinski definition) is 0. The number of rotatable bonds is 4. The Morgan fingerprint density at radius 1 is 1.50 bits per heavy atom. The molecular formula is C13H17Br. The first-order chi connectivity index (χ1) is 6.69. The Balaban J connectivity index is 2.93. The second kappa shape index (κ2) is 5.35. The second-order valence-electron chi connectivity index (χ2n) is 3.63. The summed E-state index contributed by atoms with van der Waals surface area (Å²) >= 11 is 3.61. The van der Waals surface area contributed by atoms with Crippen LogP contribution in [0, 0.1) is 0 Å². The highest BCUT2D eigenvalue weighted by molar-refractivity contribution is 9.10. The average Bonchev–Trinajstić information content (AvgIpc) is 2.20. The van der Waals surface area contributed by atoms with E-state index in [2.05, 4.69) is 54.6 Å². The van der Waals surface area contributed by atoms with Gasteiger partial charge in [-0.25, -0.2) is 0 Å². The van der Waals surface area contributed by atoms with E-state index in [1.54, 1.807) is 0 Å². The largest absolute Gasteiger partial charge is 0.102 e. The Morgan fingerprint density at radius 3 is 2.71 bits per heavy atom. The van der Waals surface area contributed by atoms with Crippen LogP contribution in [0.15, 0.2) is 35.3 Å². The van der Waals surface area contributed by atoms with Crippen molar-refractivity contribution in [1.82, 2.24) is 0 Å². The molecule has 0 bridgehead atoms. The van der Waals surface area contributed by atoms with Gasteiger partial charge in [-0.2, -0.15) is 0 Å². The molecule has 1 atom stereocenters. The molecule has 1 aromatic carbocycles. The van der Waals surface area contributed by atoms with E-state index < -0.39 is 0 Å². The minimum Gasteiger partial charge on any atom is -0.102 e. The zero-order valence-corrected chi connectivity index (χ0v) is 10.5. The van der Waals surface area contributed by atoms with Crippen LogP contribution in [0.25, 0.3) is 0 Å². The summed E-state index contributed by atoms with van der Waals surface area (Å²) in [6.07, 6.45) is 4.31. The normalized spacial score (nSPS) is 12.5. The molecule has 0 nitrogen and oxygen atoms in total. The first-order valence-corrected chi connectivity index (χ1v) is 5.89. The van der Waals surface area contributed by atoms with Gasteiger partial charge in [0.25, 0.3) is 0 Å². The van der Waals surface area contributed by atoms with Crippen molar-refractivity contribution in [1.29, 1.82) is 0 Å². The molecule has 14 heavy (non-hydrogen) atoms. The fourth-order valence-electron chi connectivity index (χ4n) is 1.45. The predicted molar refractivity (Wildman–Crippen MR) is 66.7 cm³/mol. The van der Waals surface area contributed by atoms with E-state index in [4.69, 9.17) is 0 Å². The minimum absolute atomic E-state index is 0.432. The Kier molecular flexibility index (Phi) is 4.40. The van der Waals surface area contributed by atoms with E-state index in [1.165, 1.54) is 22.0 Å². The minimum atomic E-state index is 0.432. The van der Waals surface area contributed by atoms with Gasteiger partial charge < -0.3 is 0 Å². The van der Waals surface area contributed by atoms with Crippen molar-refractivity contribution in [2.24, 2.45) is 0 Å². The number of hydrogen-bond acceptors (Lipinski definition) is 0. The Morgan fingerprint density at radius 2 is 2.21 bits per heavy atom. The first kappa shape index (κ1) is 11.5. The molecule has 0 aromatic heterocycles. The molecule has 1 heteroatoms. The van der Waals surface area contributed by atoms with Crippen molar-refractivity contribution in [3.8, 4) is 0 Å². The van der Waals surface area contributed by atoms with Crippen LogP contribution in [0.2, 0.25) is 0 Å². The van der Waals surface area contributed by atoms with Gasteiger partial charge >= 0.3 is 0 Å². The van der Waals surface area contributed by atoms with Gasteiger partial charge in [-0.3, -0.25) is 0 Å². The van der Waals surface area contributed by atoms with Gasteiger partial charge in [-0.15, -0.1) is 6.58 Å². The van der Waals surface area contributed by atoms with Crippen LogP contribution in [-0.2, 0) is 6.42 Å². The molecule has 1 rings (SSSR count). The van der Waals surface area contributed by atoms with Crippen LogP contribution in [-0.4, -0.2) is 0 Å². The molecule has 1 aromatic rings. The number of aryl methyl sites for hydroxylation is 1. The van der Waals surface area contributed by atoms with Gasteiger partial charge in [-0.1, -0.05) is 54.4 Å². The summed E-state index contributed by atoms with van der Waals surface area (Å²) in [7, 11) is 0. The number of allylic oxidation sites excluding steroid dienone is 1. The molecule has 0 heterocycles. The van der Waals surface area contributed by atoms with E-state index in [-0.39, 0.29) is 0 Å². The van der Waals surface area contributed by atoms with E-state index >= 15 is 0 Å². The summed E-state index contributed by atoms with van der Waals surface area (Å²) in [5, 5.41) is 0. The third-order valence-electron chi connectivity index (χ3n) is 2.48. The molecule has 0 aliphatic rings. The van der Waals surface area contributed by atoms with Crippen molar-refractivity contribution >= 4 is 15.9 Å². The monoisotopic (exact) mass is 252 g/mol. The SMILES string of the molecule is C=CC(C)c1ccc(CCC)c(Br)c1. The van der Waals surface area contributed by atoms with Gasteiger partial charge in [0.1, 0.15) is 0 Å². The van der Waals surface area contributed by atoms with Crippen LogP contribution in [0.1, 0.15) is 37.3 Å². The zero-order chi connectivity index (χ0) is 10.6. The maximum Gasteiger partial charge on any atom is 0.0210 e. The van der Waals surface area contributed by atoms with Crippen LogP contribution in [0.4, 0.5) is 0 Å². The lowest BCUT2D eigenvalue weighted by atomic mass is 9.99. The second-order valence-corrected chi connectivity index (χ2v) is 4.48. The van der Waals surface area contributed by atoms with Gasteiger partial charge in [0.2, 0.25) is 0 Å². The number of benzene rings is 1. The fourth-order valence-corrected chi connectivity index (χ4v) is 2.05. The molecule has 0 radical (unpaired) electrons. The lowest BCUT2D eigenvalue weighted by Crippen LogP contribution is -1.92. The summed E-state index contributed by atoms with van der Waals surface area (Å²) in [5.41, 5.74) is 2.72. The van der Waals surface area contributed by atoms with Crippen molar-refractivity contribution < 1.29 is 0 Å². The van der Waals surface area contributed by atoms with Gasteiger partial charge in [0, 0.05) is 4.47 Å². The van der Waals surface area contributed by atoms with E-state index in [0.29, 0.717) is 5.92 Å².